The van der Waals surface area contributed by atoms with Crippen LogP contribution in [0, 0.1) is 17.6 Å². The molecule has 0 spiro atoms. The van der Waals surface area contributed by atoms with Crippen molar-refractivity contribution in [3.05, 3.63) is 23.8 Å². The Balaban J connectivity index is 2.25. The molecule has 0 heterocycles. The smallest absolute Gasteiger partial charge is 0.490 e. The molecule has 0 aliphatic heterocycles. The molecule has 0 amide bonds. The molecule has 2 rings (SSSR count). The summed E-state index contributed by atoms with van der Waals surface area (Å²) in [6.45, 7) is 1.94. The van der Waals surface area contributed by atoms with Crippen molar-refractivity contribution in [2.45, 2.75) is 31.4 Å². The summed E-state index contributed by atoms with van der Waals surface area (Å²) in [5.74, 6) is -4.74. The Morgan fingerprint density at radius 2 is 1.77 bits per heavy atom. The largest absolute Gasteiger partial charge is 0.534 e. The molecule has 1 aliphatic carbocycles. The van der Waals surface area contributed by atoms with E-state index in [9.17, 15) is 30.4 Å². The first-order chi connectivity index (χ1) is 9.99. The van der Waals surface area contributed by atoms with Gasteiger partial charge in [-0.3, -0.25) is 0 Å². The van der Waals surface area contributed by atoms with Crippen LogP contribution in [0.2, 0.25) is 0 Å². The molecule has 1 aromatic carbocycles. The molecular weight excluding hydrogens is 335 g/mol. The van der Waals surface area contributed by atoms with Crippen LogP contribution in [0.4, 0.5) is 22.0 Å². The van der Waals surface area contributed by atoms with Crippen molar-refractivity contribution >= 4 is 10.1 Å². The van der Waals surface area contributed by atoms with Gasteiger partial charge in [-0.15, -0.1) is 0 Å². The lowest BCUT2D eigenvalue weighted by molar-refractivity contribution is -0.0501. The van der Waals surface area contributed by atoms with Gasteiger partial charge in [0.2, 0.25) is 5.82 Å². The third kappa shape index (κ3) is 3.42. The van der Waals surface area contributed by atoms with Gasteiger partial charge in [-0.05, 0) is 18.8 Å². The van der Waals surface area contributed by atoms with Crippen molar-refractivity contribution < 1.29 is 39.3 Å². The number of alkyl halides is 3. The average molecular weight is 346 g/mol. The molecule has 0 atom stereocenters. The molecule has 0 unspecified atom stereocenters. The van der Waals surface area contributed by atoms with Crippen LogP contribution < -0.4 is 8.92 Å². The molecule has 1 aromatic rings. The van der Waals surface area contributed by atoms with Gasteiger partial charge < -0.3 is 8.92 Å². The molecule has 0 saturated heterocycles. The maximum Gasteiger partial charge on any atom is 0.534 e. The van der Waals surface area contributed by atoms with Gasteiger partial charge in [0.05, 0.1) is 6.10 Å². The van der Waals surface area contributed by atoms with Crippen LogP contribution in [-0.2, 0) is 10.1 Å². The van der Waals surface area contributed by atoms with Crippen molar-refractivity contribution in [1.29, 1.82) is 0 Å². The van der Waals surface area contributed by atoms with E-state index >= 15 is 0 Å². The highest BCUT2D eigenvalue weighted by atomic mass is 32.2. The average Bonchev–Trinajstić information content (AvgIpc) is 2.31. The van der Waals surface area contributed by atoms with E-state index in [0.717, 1.165) is 0 Å². The van der Waals surface area contributed by atoms with Crippen molar-refractivity contribution in [3.8, 4) is 11.5 Å². The molecule has 0 radical (unpaired) electrons. The van der Waals surface area contributed by atoms with Gasteiger partial charge in [0.1, 0.15) is 5.75 Å². The SMILES string of the molecule is C[C@H]1C[C@H](Oc2cc(F)c(F)c(OS(=O)(=O)C(F)(F)F)c2)C1. The minimum atomic E-state index is -6.10. The van der Waals surface area contributed by atoms with E-state index in [1.165, 1.54) is 0 Å². The monoisotopic (exact) mass is 346 g/mol. The summed E-state index contributed by atoms with van der Waals surface area (Å²) in [6, 6.07) is 1.19. The summed E-state index contributed by atoms with van der Waals surface area (Å²) in [5, 5.41) is 0. The standard InChI is InChI=1S/C12H11F5O4S/c1-6-2-7(3-6)20-8-4-9(13)11(14)10(5-8)21-22(18,19)12(15,16)17/h4-7H,2-3H2,1H3/t6-,7-. The lowest BCUT2D eigenvalue weighted by Gasteiger charge is -2.32. The predicted octanol–water partition coefficient (Wildman–Crippen LogP) is 3.37. The van der Waals surface area contributed by atoms with Crippen LogP contribution in [0.3, 0.4) is 0 Å². The molecule has 10 heteroatoms. The summed E-state index contributed by atoms with van der Waals surface area (Å²) in [6.07, 6.45) is 1.01. The Kier molecular flexibility index (Phi) is 4.24. The topological polar surface area (TPSA) is 52.6 Å². The first-order valence-electron chi connectivity index (χ1n) is 6.16. The fraction of sp³-hybridized carbons (Fsp3) is 0.500. The molecular formula is C12H11F5O4S. The zero-order valence-electron chi connectivity index (χ0n) is 11.2. The Bertz CT molecular complexity index is 665. The number of ether oxygens (including phenoxy) is 1. The Labute approximate surface area is 123 Å². The van der Waals surface area contributed by atoms with Gasteiger partial charge in [-0.25, -0.2) is 4.39 Å². The predicted molar refractivity (Wildman–Crippen MR) is 64.8 cm³/mol. The molecule has 4 nitrogen and oxygen atoms in total. The van der Waals surface area contributed by atoms with Crippen molar-refractivity contribution in [1.82, 2.24) is 0 Å². The van der Waals surface area contributed by atoms with Crippen LogP contribution in [-0.4, -0.2) is 20.0 Å². The van der Waals surface area contributed by atoms with E-state index < -0.39 is 33.0 Å². The number of benzene rings is 1. The van der Waals surface area contributed by atoms with E-state index in [1.54, 1.807) is 0 Å². The van der Waals surface area contributed by atoms with E-state index in [0.29, 0.717) is 30.9 Å². The van der Waals surface area contributed by atoms with Crippen molar-refractivity contribution in [2.75, 3.05) is 0 Å². The normalized spacial score (nSPS) is 22.1. The van der Waals surface area contributed by atoms with Crippen LogP contribution in [0.25, 0.3) is 0 Å². The number of rotatable bonds is 4. The van der Waals surface area contributed by atoms with E-state index in [-0.39, 0.29) is 11.9 Å². The molecule has 0 N–H and O–H groups in total. The number of hydrogen-bond acceptors (Lipinski definition) is 4. The molecule has 124 valence electrons. The van der Waals surface area contributed by atoms with Gasteiger partial charge in [-0.1, -0.05) is 6.92 Å². The molecule has 0 aromatic heterocycles. The number of halogens is 5. The summed E-state index contributed by atoms with van der Waals surface area (Å²) >= 11 is 0. The van der Waals surface area contributed by atoms with Gasteiger partial charge in [0.15, 0.2) is 11.6 Å². The minimum Gasteiger partial charge on any atom is -0.490 e. The summed E-state index contributed by atoms with van der Waals surface area (Å²) < 4.78 is 93.9. The molecule has 1 fully saturated rings. The zero-order valence-corrected chi connectivity index (χ0v) is 12.0. The molecule has 1 aliphatic rings. The Hall–Kier alpha value is -1.58. The van der Waals surface area contributed by atoms with Crippen molar-refractivity contribution in [3.63, 3.8) is 0 Å². The van der Waals surface area contributed by atoms with Crippen LogP contribution in [0.15, 0.2) is 12.1 Å². The maximum atomic E-state index is 13.4. The highest BCUT2D eigenvalue weighted by molar-refractivity contribution is 7.88. The minimum absolute atomic E-state index is 0.285. The molecule has 22 heavy (non-hydrogen) atoms. The second kappa shape index (κ2) is 5.56. The van der Waals surface area contributed by atoms with Crippen LogP contribution >= 0.6 is 0 Å². The summed E-state index contributed by atoms with van der Waals surface area (Å²) in [4.78, 5) is 0. The second-order valence-corrected chi connectivity index (χ2v) is 6.55. The van der Waals surface area contributed by atoms with E-state index in [4.69, 9.17) is 4.74 Å². The number of hydrogen-bond donors (Lipinski definition) is 0. The fourth-order valence-electron chi connectivity index (χ4n) is 1.95. The van der Waals surface area contributed by atoms with E-state index in [1.807, 2.05) is 6.92 Å². The Morgan fingerprint density at radius 1 is 1.18 bits per heavy atom. The summed E-state index contributed by atoms with van der Waals surface area (Å²) in [5.41, 5.74) is -5.75. The second-order valence-electron chi connectivity index (χ2n) is 5.02. The van der Waals surface area contributed by atoms with Gasteiger partial charge >= 0.3 is 15.6 Å². The van der Waals surface area contributed by atoms with E-state index in [2.05, 4.69) is 4.18 Å². The fourth-order valence-corrected chi connectivity index (χ4v) is 2.40. The quantitative estimate of drug-likeness (QED) is 0.477. The third-order valence-electron chi connectivity index (χ3n) is 3.08. The van der Waals surface area contributed by atoms with Gasteiger partial charge in [-0.2, -0.15) is 26.0 Å². The van der Waals surface area contributed by atoms with Crippen molar-refractivity contribution in [2.24, 2.45) is 5.92 Å². The molecule has 1 saturated carbocycles. The third-order valence-corrected chi connectivity index (χ3v) is 4.05. The zero-order chi connectivity index (χ0) is 16.7. The Morgan fingerprint density at radius 3 is 2.27 bits per heavy atom. The lowest BCUT2D eigenvalue weighted by Crippen LogP contribution is -2.32. The first-order valence-corrected chi connectivity index (χ1v) is 7.57. The lowest BCUT2D eigenvalue weighted by atomic mass is 9.84. The van der Waals surface area contributed by atoms with Gasteiger partial charge in [0, 0.05) is 12.1 Å². The van der Waals surface area contributed by atoms with Crippen LogP contribution in [0.5, 0.6) is 11.5 Å². The summed E-state index contributed by atoms with van der Waals surface area (Å²) in [7, 11) is -6.10. The van der Waals surface area contributed by atoms with Crippen LogP contribution in [0.1, 0.15) is 19.8 Å². The first kappa shape index (κ1) is 16.8. The molecule has 0 bridgehead atoms. The maximum absolute atomic E-state index is 13.4. The highest BCUT2D eigenvalue weighted by Gasteiger charge is 2.49. The highest BCUT2D eigenvalue weighted by Crippen LogP contribution is 2.35. The van der Waals surface area contributed by atoms with Gasteiger partial charge in [0.25, 0.3) is 0 Å².